The van der Waals surface area contributed by atoms with Crippen LogP contribution in [0.3, 0.4) is 0 Å². The zero-order chi connectivity index (χ0) is 21.7. The highest BCUT2D eigenvalue weighted by atomic mass is 32.2. The van der Waals surface area contributed by atoms with Crippen LogP contribution < -0.4 is 14.8 Å². The summed E-state index contributed by atoms with van der Waals surface area (Å²) in [6.07, 6.45) is 0. The lowest BCUT2D eigenvalue weighted by Crippen LogP contribution is -2.17. The topological polar surface area (TPSA) is 84.5 Å². The predicted molar refractivity (Wildman–Crippen MR) is 105 cm³/mol. The van der Waals surface area contributed by atoms with Crippen molar-refractivity contribution >= 4 is 27.3 Å². The molecule has 30 heavy (non-hydrogen) atoms. The molecule has 0 aromatic heterocycles. The van der Waals surface area contributed by atoms with E-state index in [0.29, 0.717) is 0 Å². The van der Waals surface area contributed by atoms with Gasteiger partial charge in [-0.2, -0.15) is 8.78 Å². The molecular formula is C20H15F3N2O4S. The fraction of sp³-hybridized carbons (Fsp3) is 0.0500. The fourth-order valence-electron chi connectivity index (χ4n) is 2.48. The summed E-state index contributed by atoms with van der Waals surface area (Å²) < 4.78 is 69.1. The SMILES string of the molecule is O=C(Nc1ccccc1NS(=O)(=O)c1ccc(F)cc1)c1ccc(OC(F)F)cc1. The summed E-state index contributed by atoms with van der Waals surface area (Å²) in [7, 11) is -4.03. The molecule has 0 radical (unpaired) electrons. The molecule has 0 bridgehead atoms. The Balaban J connectivity index is 1.78. The maximum atomic E-state index is 13.0. The highest BCUT2D eigenvalue weighted by Crippen LogP contribution is 2.25. The third kappa shape index (κ3) is 5.29. The molecule has 0 aliphatic heterocycles. The first-order valence-electron chi connectivity index (χ1n) is 8.48. The second-order valence-electron chi connectivity index (χ2n) is 5.96. The van der Waals surface area contributed by atoms with E-state index in [1.54, 1.807) is 12.1 Å². The number of sulfonamides is 1. The van der Waals surface area contributed by atoms with Crippen LogP contribution in [0.2, 0.25) is 0 Å². The molecule has 10 heteroatoms. The summed E-state index contributed by atoms with van der Waals surface area (Å²) in [6.45, 7) is -2.98. The molecule has 3 aromatic carbocycles. The summed E-state index contributed by atoms with van der Waals surface area (Å²) >= 11 is 0. The van der Waals surface area contributed by atoms with Crippen LogP contribution in [0.25, 0.3) is 0 Å². The smallest absolute Gasteiger partial charge is 0.387 e. The monoisotopic (exact) mass is 436 g/mol. The van der Waals surface area contributed by atoms with Gasteiger partial charge in [0.1, 0.15) is 11.6 Å². The van der Waals surface area contributed by atoms with Crippen LogP contribution in [0.5, 0.6) is 5.75 Å². The van der Waals surface area contributed by atoms with Gasteiger partial charge in [0, 0.05) is 5.56 Å². The molecule has 0 aliphatic carbocycles. The lowest BCUT2D eigenvalue weighted by molar-refractivity contribution is -0.0498. The van der Waals surface area contributed by atoms with Crippen molar-refractivity contribution in [3.8, 4) is 5.75 Å². The van der Waals surface area contributed by atoms with Crippen LogP contribution in [0, 0.1) is 5.82 Å². The maximum absolute atomic E-state index is 13.0. The van der Waals surface area contributed by atoms with E-state index in [-0.39, 0.29) is 27.6 Å². The number of anilines is 2. The predicted octanol–water partition coefficient (Wildman–Crippen LogP) is 4.48. The molecule has 0 spiro atoms. The maximum Gasteiger partial charge on any atom is 0.387 e. The minimum atomic E-state index is -4.03. The van der Waals surface area contributed by atoms with Crippen molar-refractivity contribution in [2.45, 2.75) is 11.5 Å². The fourth-order valence-corrected chi connectivity index (χ4v) is 3.56. The molecule has 0 atom stereocenters. The Morgan fingerprint density at radius 3 is 2.07 bits per heavy atom. The van der Waals surface area contributed by atoms with E-state index in [1.807, 2.05) is 0 Å². The lowest BCUT2D eigenvalue weighted by atomic mass is 10.2. The molecule has 2 N–H and O–H groups in total. The Morgan fingerprint density at radius 2 is 1.47 bits per heavy atom. The highest BCUT2D eigenvalue weighted by Gasteiger charge is 2.17. The average molecular weight is 436 g/mol. The quantitative estimate of drug-likeness (QED) is 0.572. The molecule has 6 nitrogen and oxygen atoms in total. The number of para-hydroxylation sites is 2. The molecule has 0 saturated carbocycles. The van der Waals surface area contributed by atoms with Gasteiger partial charge >= 0.3 is 6.61 Å². The number of halogens is 3. The molecule has 3 rings (SSSR count). The van der Waals surface area contributed by atoms with Gasteiger partial charge in [-0.1, -0.05) is 12.1 Å². The first-order valence-corrected chi connectivity index (χ1v) is 9.96. The standard InChI is InChI=1S/C20H15F3N2O4S/c21-14-7-11-16(12-8-14)30(27,28)25-18-4-2-1-3-17(18)24-19(26)13-5-9-15(10-6-13)29-20(22)23/h1-12,20,25H,(H,24,26). The van der Waals surface area contributed by atoms with Crippen LogP contribution >= 0.6 is 0 Å². The zero-order valence-electron chi connectivity index (χ0n) is 15.2. The number of rotatable bonds is 7. The second kappa shape index (κ2) is 8.87. The highest BCUT2D eigenvalue weighted by molar-refractivity contribution is 7.92. The number of alkyl halides is 2. The number of hydrogen-bond donors (Lipinski definition) is 2. The first-order chi connectivity index (χ1) is 14.2. The summed E-state index contributed by atoms with van der Waals surface area (Å²) in [4.78, 5) is 12.3. The van der Waals surface area contributed by atoms with E-state index in [0.717, 1.165) is 24.3 Å². The molecular weight excluding hydrogens is 421 g/mol. The van der Waals surface area contributed by atoms with Crippen LogP contribution in [0.1, 0.15) is 10.4 Å². The van der Waals surface area contributed by atoms with Crippen molar-refractivity contribution in [2.24, 2.45) is 0 Å². The Hall–Kier alpha value is -3.53. The number of nitrogens with one attached hydrogen (secondary N) is 2. The van der Waals surface area contributed by atoms with E-state index in [2.05, 4.69) is 14.8 Å². The normalized spacial score (nSPS) is 11.2. The van der Waals surface area contributed by atoms with E-state index >= 15 is 0 Å². The molecule has 0 unspecified atom stereocenters. The van der Waals surface area contributed by atoms with E-state index in [1.165, 1.54) is 36.4 Å². The van der Waals surface area contributed by atoms with E-state index in [4.69, 9.17) is 0 Å². The third-order valence-corrected chi connectivity index (χ3v) is 5.27. The van der Waals surface area contributed by atoms with Gasteiger partial charge in [-0.25, -0.2) is 12.8 Å². The van der Waals surface area contributed by atoms with Crippen LogP contribution in [-0.2, 0) is 10.0 Å². The van der Waals surface area contributed by atoms with Crippen molar-refractivity contribution in [2.75, 3.05) is 10.0 Å². The van der Waals surface area contributed by atoms with Gasteiger partial charge in [0.2, 0.25) is 0 Å². The van der Waals surface area contributed by atoms with Crippen LogP contribution in [0.4, 0.5) is 24.5 Å². The summed E-state index contributed by atoms with van der Waals surface area (Å²) in [5.74, 6) is -1.27. The van der Waals surface area contributed by atoms with Gasteiger partial charge in [0.25, 0.3) is 15.9 Å². The van der Waals surface area contributed by atoms with Crippen molar-refractivity contribution in [3.63, 3.8) is 0 Å². The second-order valence-corrected chi connectivity index (χ2v) is 7.64. The first kappa shape index (κ1) is 21.2. The minimum Gasteiger partial charge on any atom is -0.435 e. The lowest BCUT2D eigenvalue weighted by Gasteiger charge is -2.14. The van der Waals surface area contributed by atoms with E-state index < -0.39 is 28.4 Å². The van der Waals surface area contributed by atoms with Gasteiger partial charge in [0.15, 0.2) is 0 Å². The van der Waals surface area contributed by atoms with Crippen molar-refractivity contribution in [1.29, 1.82) is 0 Å². The van der Waals surface area contributed by atoms with E-state index in [9.17, 15) is 26.4 Å². The largest absolute Gasteiger partial charge is 0.435 e. The molecule has 1 amide bonds. The van der Waals surface area contributed by atoms with Gasteiger partial charge in [-0.3, -0.25) is 9.52 Å². The Morgan fingerprint density at radius 1 is 0.867 bits per heavy atom. The van der Waals surface area contributed by atoms with Crippen LogP contribution in [0.15, 0.2) is 77.7 Å². The Bertz CT molecular complexity index is 1140. The molecule has 0 fully saturated rings. The van der Waals surface area contributed by atoms with Gasteiger partial charge in [0.05, 0.1) is 16.3 Å². The van der Waals surface area contributed by atoms with Crippen molar-refractivity contribution in [1.82, 2.24) is 0 Å². The average Bonchev–Trinajstić information content (AvgIpc) is 2.69. The molecule has 156 valence electrons. The number of ether oxygens (including phenoxy) is 1. The number of hydrogen-bond acceptors (Lipinski definition) is 4. The molecule has 0 saturated heterocycles. The van der Waals surface area contributed by atoms with Gasteiger partial charge in [-0.05, 0) is 60.7 Å². The number of amides is 1. The number of carbonyl (C=O) groups is 1. The summed E-state index contributed by atoms with van der Waals surface area (Å²) in [6, 6.07) is 15.3. The van der Waals surface area contributed by atoms with Gasteiger partial charge in [-0.15, -0.1) is 0 Å². The zero-order valence-corrected chi connectivity index (χ0v) is 16.0. The number of benzene rings is 3. The minimum absolute atomic E-state index is 0.0906. The summed E-state index contributed by atoms with van der Waals surface area (Å²) in [5, 5.41) is 2.56. The number of carbonyl (C=O) groups excluding carboxylic acids is 1. The van der Waals surface area contributed by atoms with Crippen molar-refractivity contribution in [3.05, 3.63) is 84.2 Å². The third-order valence-electron chi connectivity index (χ3n) is 3.89. The van der Waals surface area contributed by atoms with Crippen LogP contribution in [-0.4, -0.2) is 20.9 Å². The Labute approximate surface area is 170 Å². The Kier molecular flexibility index (Phi) is 6.26. The molecule has 3 aromatic rings. The van der Waals surface area contributed by atoms with Crippen molar-refractivity contribution < 1.29 is 31.1 Å². The summed E-state index contributed by atoms with van der Waals surface area (Å²) in [5.41, 5.74) is 0.404. The molecule has 0 heterocycles. The van der Waals surface area contributed by atoms with Gasteiger partial charge < -0.3 is 10.1 Å². The molecule has 0 aliphatic rings.